The van der Waals surface area contributed by atoms with Gasteiger partial charge in [0.15, 0.2) is 0 Å². The first-order valence-electron chi connectivity index (χ1n) is 5.20. The number of benzene rings is 1. The van der Waals surface area contributed by atoms with Gasteiger partial charge >= 0.3 is 0 Å². The van der Waals surface area contributed by atoms with Crippen molar-refractivity contribution in [2.45, 2.75) is 19.4 Å². The first-order chi connectivity index (χ1) is 7.99. The number of nitro benzene ring substituents is 1. The molecule has 1 atom stereocenters. The zero-order valence-corrected chi connectivity index (χ0v) is 9.54. The highest BCUT2D eigenvalue weighted by Gasteiger charge is 2.25. The van der Waals surface area contributed by atoms with Gasteiger partial charge in [-0.15, -0.1) is 0 Å². The summed E-state index contributed by atoms with van der Waals surface area (Å²) in [6, 6.07) is 4.24. The van der Waals surface area contributed by atoms with Gasteiger partial charge in [-0.1, -0.05) is 0 Å². The highest BCUT2D eigenvalue weighted by atomic mass is 16.6. The molecule has 0 aliphatic carbocycles. The SMILES string of the molecule is CC1CC(=O)N(C)c2ccc([N+](=O)[O-])cc2O1. The second kappa shape index (κ2) is 4.04. The van der Waals surface area contributed by atoms with E-state index in [1.165, 1.54) is 23.1 Å². The van der Waals surface area contributed by atoms with Crippen molar-refractivity contribution in [1.29, 1.82) is 0 Å². The fourth-order valence-corrected chi connectivity index (χ4v) is 1.76. The molecule has 1 aromatic rings. The third-order valence-corrected chi connectivity index (χ3v) is 2.68. The van der Waals surface area contributed by atoms with Gasteiger partial charge in [0, 0.05) is 13.1 Å². The summed E-state index contributed by atoms with van der Waals surface area (Å²) >= 11 is 0. The van der Waals surface area contributed by atoms with Gasteiger partial charge in [-0.2, -0.15) is 0 Å². The Morgan fingerprint density at radius 1 is 1.53 bits per heavy atom. The van der Waals surface area contributed by atoms with E-state index in [1.54, 1.807) is 14.0 Å². The largest absolute Gasteiger partial charge is 0.488 e. The van der Waals surface area contributed by atoms with Crippen LogP contribution in [-0.4, -0.2) is 24.0 Å². The molecule has 1 unspecified atom stereocenters. The van der Waals surface area contributed by atoms with E-state index in [9.17, 15) is 14.9 Å². The molecule has 1 aromatic carbocycles. The molecule has 0 spiro atoms. The molecule has 1 heterocycles. The molecule has 0 aromatic heterocycles. The number of hydrogen-bond acceptors (Lipinski definition) is 4. The van der Waals surface area contributed by atoms with E-state index in [-0.39, 0.29) is 24.1 Å². The second-order valence-corrected chi connectivity index (χ2v) is 3.99. The summed E-state index contributed by atoms with van der Waals surface area (Å²) in [5, 5.41) is 10.7. The normalized spacial score (nSPS) is 19.3. The summed E-state index contributed by atoms with van der Waals surface area (Å²) < 4.78 is 5.52. The minimum absolute atomic E-state index is 0.0429. The van der Waals surface area contributed by atoms with Crippen LogP contribution in [0, 0.1) is 10.1 Å². The van der Waals surface area contributed by atoms with Crippen LogP contribution >= 0.6 is 0 Å². The Kier molecular flexibility index (Phi) is 2.71. The Labute approximate surface area is 97.9 Å². The summed E-state index contributed by atoms with van der Waals surface area (Å²) in [4.78, 5) is 23.4. The van der Waals surface area contributed by atoms with Crippen molar-refractivity contribution in [3.05, 3.63) is 28.3 Å². The zero-order chi connectivity index (χ0) is 12.6. The van der Waals surface area contributed by atoms with Crippen LogP contribution in [0.2, 0.25) is 0 Å². The number of fused-ring (bicyclic) bond motifs is 1. The average Bonchev–Trinajstić information content (AvgIpc) is 2.36. The Bertz CT molecular complexity index is 486. The molecule has 0 saturated carbocycles. The Hall–Kier alpha value is -2.11. The molecule has 1 amide bonds. The second-order valence-electron chi connectivity index (χ2n) is 3.99. The third kappa shape index (κ3) is 2.06. The lowest BCUT2D eigenvalue weighted by atomic mass is 10.2. The maximum Gasteiger partial charge on any atom is 0.273 e. The van der Waals surface area contributed by atoms with Crippen LogP contribution in [0.25, 0.3) is 0 Å². The summed E-state index contributed by atoms with van der Waals surface area (Å²) in [7, 11) is 1.63. The third-order valence-electron chi connectivity index (χ3n) is 2.68. The number of carbonyl (C=O) groups excluding carboxylic acids is 1. The fraction of sp³-hybridized carbons (Fsp3) is 0.364. The molecule has 6 heteroatoms. The summed E-state index contributed by atoms with van der Waals surface area (Å²) in [6.45, 7) is 1.76. The smallest absolute Gasteiger partial charge is 0.273 e. The molecule has 0 radical (unpaired) electrons. The number of rotatable bonds is 1. The van der Waals surface area contributed by atoms with Gasteiger partial charge in [0.2, 0.25) is 5.91 Å². The molecule has 0 fully saturated rings. The maximum atomic E-state index is 11.7. The number of anilines is 1. The van der Waals surface area contributed by atoms with E-state index in [4.69, 9.17) is 4.74 Å². The van der Waals surface area contributed by atoms with E-state index in [1.807, 2.05) is 0 Å². The zero-order valence-electron chi connectivity index (χ0n) is 9.54. The van der Waals surface area contributed by atoms with Crippen LogP contribution < -0.4 is 9.64 Å². The number of nitro groups is 1. The molecule has 1 aliphatic heterocycles. The lowest BCUT2D eigenvalue weighted by Crippen LogP contribution is -2.27. The van der Waals surface area contributed by atoms with Crippen LogP contribution in [-0.2, 0) is 4.79 Å². The quantitative estimate of drug-likeness (QED) is 0.549. The Morgan fingerprint density at radius 2 is 2.24 bits per heavy atom. The molecular weight excluding hydrogens is 224 g/mol. The van der Waals surface area contributed by atoms with Crippen LogP contribution in [0.3, 0.4) is 0 Å². The molecule has 90 valence electrons. The molecular formula is C11H12N2O4. The average molecular weight is 236 g/mol. The van der Waals surface area contributed by atoms with Gasteiger partial charge in [0.25, 0.3) is 5.69 Å². The van der Waals surface area contributed by atoms with Gasteiger partial charge in [-0.05, 0) is 13.0 Å². The van der Waals surface area contributed by atoms with Gasteiger partial charge in [-0.25, -0.2) is 0 Å². The number of hydrogen-bond donors (Lipinski definition) is 0. The molecule has 0 saturated heterocycles. The topological polar surface area (TPSA) is 72.7 Å². The highest BCUT2D eigenvalue weighted by Crippen LogP contribution is 2.35. The van der Waals surface area contributed by atoms with E-state index >= 15 is 0 Å². The monoisotopic (exact) mass is 236 g/mol. The molecule has 0 bridgehead atoms. The maximum absolute atomic E-state index is 11.7. The highest BCUT2D eigenvalue weighted by molar-refractivity contribution is 5.95. The van der Waals surface area contributed by atoms with Crippen LogP contribution in [0.5, 0.6) is 5.75 Å². The number of non-ortho nitro benzene ring substituents is 1. The molecule has 6 nitrogen and oxygen atoms in total. The Morgan fingerprint density at radius 3 is 2.88 bits per heavy atom. The van der Waals surface area contributed by atoms with Crippen LogP contribution in [0.4, 0.5) is 11.4 Å². The van der Waals surface area contributed by atoms with Gasteiger partial charge < -0.3 is 9.64 Å². The van der Waals surface area contributed by atoms with Gasteiger partial charge in [0.05, 0.1) is 23.1 Å². The summed E-state index contributed by atoms with van der Waals surface area (Å²) in [5.41, 5.74) is 0.517. The number of nitrogens with zero attached hydrogens (tertiary/aromatic N) is 2. The number of amides is 1. The van der Waals surface area contributed by atoms with Crippen molar-refractivity contribution in [3.8, 4) is 5.75 Å². The van der Waals surface area contributed by atoms with Crippen LogP contribution in [0.15, 0.2) is 18.2 Å². The van der Waals surface area contributed by atoms with Gasteiger partial charge in [-0.3, -0.25) is 14.9 Å². The van der Waals surface area contributed by atoms with Crippen molar-refractivity contribution in [1.82, 2.24) is 0 Å². The van der Waals surface area contributed by atoms with E-state index in [0.29, 0.717) is 11.4 Å². The molecule has 1 aliphatic rings. The molecule has 2 rings (SSSR count). The summed E-state index contributed by atoms with van der Waals surface area (Å²) in [6.07, 6.45) is -0.0212. The van der Waals surface area contributed by atoms with Crippen molar-refractivity contribution in [2.24, 2.45) is 0 Å². The minimum atomic E-state index is -0.485. The predicted octanol–water partition coefficient (Wildman–Crippen LogP) is 1.73. The lowest BCUT2D eigenvalue weighted by Gasteiger charge is -2.15. The van der Waals surface area contributed by atoms with Gasteiger partial charge in [0.1, 0.15) is 11.9 Å². The minimum Gasteiger partial charge on any atom is -0.488 e. The molecule has 17 heavy (non-hydrogen) atoms. The van der Waals surface area contributed by atoms with E-state index in [0.717, 1.165) is 0 Å². The number of ether oxygens (including phenoxy) is 1. The lowest BCUT2D eigenvalue weighted by molar-refractivity contribution is -0.384. The summed E-state index contributed by atoms with van der Waals surface area (Å²) in [5.74, 6) is 0.310. The Balaban J connectivity index is 2.50. The van der Waals surface area contributed by atoms with E-state index in [2.05, 4.69) is 0 Å². The first kappa shape index (κ1) is 11.4. The van der Waals surface area contributed by atoms with Crippen molar-refractivity contribution >= 4 is 17.3 Å². The standard InChI is InChI=1S/C11H12N2O4/c1-7-5-11(14)12(2)9-4-3-8(13(15)16)6-10(9)17-7/h3-4,6-7H,5H2,1-2H3. The molecule has 0 N–H and O–H groups in total. The predicted molar refractivity (Wildman–Crippen MR) is 61.2 cm³/mol. The van der Waals surface area contributed by atoms with Crippen molar-refractivity contribution < 1.29 is 14.5 Å². The van der Waals surface area contributed by atoms with Crippen molar-refractivity contribution in [2.75, 3.05) is 11.9 Å². The first-order valence-corrected chi connectivity index (χ1v) is 5.20. The van der Waals surface area contributed by atoms with Crippen LogP contribution in [0.1, 0.15) is 13.3 Å². The van der Waals surface area contributed by atoms with Crippen molar-refractivity contribution in [3.63, 3.8) is 0 Å². The fourth-order valence-electron chi connectivity index (χ4n) is 1.76. The number of carbonyl (C=O) groups is 1. The van der Waals surface area contributed by atoms with E-state index < -0.39 is 4.92 Å².